The molecule has 0 saturated heterocycles. The van der Waals surface area contributed by atoms with E-state index in [0.717, 1.165) is 46.0 Å². The number of urea groups is 1. The van der Waals surface area contributed by atoms with Gasteiger partial charge in [0.15, 0.2) is 0 Å². The molecule has 2 amide bonds. The molecule has 1 unspecified atom stereocenters. The number of amides is 2. The lowest BCUT2D eigenvalue weighted by molar-refractivity contribution is 0.170. The predicted molar refractivity (Wildman–Crippen MR) is 114 cm³/mol. The van der Waals surface area contributed by atoms with Crippen LogP contribution in [0.15, 0.2) is 41.1 Å². The van der Waals surface area contributed by atoms with Crippen molar-refractivity contribution in [3.63, 3.8) is 0 Å². The molecule has 0 bridgehead atoms. The van der Waals surface area contributed by atoms with Gasteiger partial charge in [-0.3, -0.25) is 0 Å². The molecule has 0 aliphatic heterocycles. The van der Waals surface area contributed by atoms with Gasteiger partial charge in [0.1, 0.15) is 10.8 Å². The molecule has 1 atom stereocenters. The standard InChI is InChI=1S/C21H22FN3O2S2/c22-16-6-4-15(5-7-16)20-23-17-2-1-3-18(19(17)29-20)24-21(27)25(9-10-26)12-14-8-11-28-13-14/h4-8,11,13,18,26H,1-3,9-10,12H2,(H,24,27). The van der Waals surface area contributed by atoms with Gasteiger partial charge < -0.3 is 15.3 Å². The summed E-state index contributed by atoms with van der Waals surface area (Å²) in [5.41, 5.74) is 2.95. The maximum Gasteiger partial charge on any atom is 0.318 e. The van der Waals surface area contributed by atoms with Gasteiger partial charge >= 0.3 is 6.03 Å². The third-order valence-corrected chi connectivity index (χ3v) is 6.94. The van der Waals surface area contributed by atoms with Gasteiger partial charge in [-0.1, -0.05) is 0 Å². The number of aryl methyl sites for hydroxylation is 1. The Hall–Kier alpha value is -2.29. The van der Waals surface area contributed by atoms with E-state index in [2.05, 4.69) is 5.32 Å². The second-order valence-electron chi connectivity index (χ2n) is 7.01. The number of halogens is 1. The van der Waals surface area contributed by atoms with E-state index in [1.807, 2.05) is 16.8 Å². The first-order chi connectivity index (χ1) is 14.1. The third kappa shape index (κ3) is 4.66. The van der Waals surface area contributed by atoms with Gasteiger partial charge in [-0.25, -0.2) is 14.2 Å². The SMILES string of the molecule is O=C(NC1CCCc2nc(-c3ccc(F)cc3)sc21)N(CCO)Cc1ccsc1. The zero-order valence-electron chi connectivity index (χ0n) is 15.8. The van der Waals surface area contributed by atoms with E-state index in [0.29, 0.717) is 6.54 Å². The number of hydrogen-bond acceptors (Lipinski definition) is 5. The molecule has 1 aromatic carbocycles. The van der Waals surface area contributed by atoms with Crippen molar-refractivity contribution < 1.29 is 14.3 Å². The van der Waals surface area contributed by atoms with Gasteiger partial charge in [-0.2, -0.15) is 11.3 Å². The van der Waals surface area contributed by atoms with Crippen molar-refractivity contribution in [2.75, 3.05) is 13.2 Å². The summed E-state index contributed by atoms with van der Waals surface area (Å²) in [6.07, 6.45) is 2.69. The van der Waals surface area contributed by atoms with Gasteiger partial charge in [-0.05, 0) is 65.9 Å². The normalized spacial score (nSPS) is 15.7. The number of thiophene rings is 1. The zero-order chi connectivity index (χ0) is 20.2. The lowest BCUT2D eigenvalue weighted by atomic mass is 9.98. The summed E-state index contributed by atoms with van der Waals surface area (Å²) >= 11 is 3.15. The topological polar surface area (TPSA) is 65.5 Å². The van der Waals surface area contributed by atoms with Gasteiger partial charge in [0, 0.05) is 18.7 Å². The monoisotopic (exact) mass is 431 g/mol. The van der Waals surface area contributed by atoms with Gasteiger partial charge in [-0.15, -0.1) is 11.3 Å². The molecule has 1 aliphatic rings. The molecule has 3 aromatic rings. The fourth-order valence-corrected chi connectivity index (χ4v) is 5.35. The number of aliphatic hydroxyl groups is 1. The molecule has 4 rings (SSSR count). The molecule has 5 nitrogen and oxygen atoms in total. The number of rotatable bonds is 6. The molecular formula is C21H22FN3O2S2. The fraction of sp³-hybridized carbons (Fsp3) is 0.333. The number of nitrogens with zero attached hydrogens (tertiary/aromatic N) is 2. The van der Waals surface area contributed by atoms with Crippen molar-refractivity contribution in [1.29, 1.82) is 0 Å². The first-order valence-electron chi connectivity index (χ1n) is 9.57. The fourth-order valence-electron chi connectivity index (χ4n) is 3.49. The van der Waals surface area contributed by atoms with Crippen LogP contribution >= 0.6 is 22.7 Å². The van der Waals surface area contributed by atoms with Crippen LogP contribution in [-0.2, 0) is 13.0 Å². The van der Waals surface area contributed by atoms with Crippen LogP contribution in [0.25, 0.3) is 10.6 Å². The second-order valence-corrected chi connectivity index (χ2v) is 8.82. The highest BCUT2D eigenvalue weighted by molar-refractivity contribution is 7.15. The van der Waals surface area contributed by atoms with Crippen LogP contribution in [0.4, 0.5) is 9.18 Å². The number of carbonyl (C=O) groups is 1. The molecule has 0 saturated carbocycles. The van der Waals surface area contributed by atoms with Crippen molar-refractivity contribution in [3.05, 3.63) is 63.0 Å². The first-order valence-corrected chi connectivity index (χ1v) is 11.3. The van der Waals surface area contributed by atoms with Gasteiger partial charge in [0.25, 0.3) is 0 Å². The average molecular weight is 432 g/mol. The van der Waals surface area contributed by atoms with E-state index in [9.17, 15) is 14.3 Å². The number of thiazole rings is 1. The lowest BCUT2D eigenvalue weighted by Gasteiger charge is -2.27. The minimum Gasteiger partial charge on any atom is -0.395 e. The van der Waals surface area contributed by atoms with Crippen LogP contribution in [-0.4, -0.2) is 34.2 Å². The molecule has 29 heavy (non-hydrogen) atoms. The van der Waals surface area contributed by atoms with Crippen LogP contribution in [0.3, 0.4) is 0 Å². The van der Waals surface area contributed by atoms with E-state index < -0.39 is 0 Å². The molecule has 2 N–H and O–H groups in total. The third-order valence-electron chi connectivity index (χ3n) is 4.95. The Kier molecular flexibility index (Phi) is 6.22. The predicted octanol–water partition coefficient (Wildman–Crippen LogP) is 4.59. The minimum atomic E-state index is -0.269. The van der Waals surface area contributed by atoms with Crippen LogP contribution in [0.5, 0.6) is 0 Å². The summed E-state index contributed by atoms with van der Waals surface area (Å²) < 4.78 is 13.2. The van der Waals surface area contributed by atoms with Crippen LogP contribution in [0.2, 0.25) is 0 Å². The molecule has 0 radical (unpaired) electrons. The van der Waals surface area contributed by atoms with E-state index in [1.165, 1.54) is 12.1 Å². The summed E-state index contributed by atoms with van der Waals surface area (Å²) in [6.45, 7) is 0.673. The number of carbonyl (C=O) groups excluding carboxylic acids is 1. The number of nitrogens with one attached hydrogen (secondary N) is 1. The molecule has 0 fully saturated rings. The van der Waals surface area contributed by atoms with Crippen LogP contribution < -0.4 is 5.32 Å². The van der Waals surface area contributed by atoms with E-state index in [-0.39, 0.29) is 31.0 Å². The smallest absolute Gasteiger partial charge is 0.318 e. The maximum atomic E-state index is 13.2. The van der Waals surface area contributed by atoms with Crippen molar-refractivity contribution in [2.24, 2.45) is 0 Å². The molecule has 0 spiro atoms. The number of fused-ring (bicyclic) bond motifs is 1. The van der Waals surface area contributed by atoms with E-state index in [1.54, 1.807) is 39.7 Å². The lowest BCUT2D eigenvalue weighted by Crippen LogP contribution is -2.43. The van der Waals surface area contributed by atoms with Crippen molar-refractivity contribution in [2.45, 2.75) is 31.8 Å². The molecule has 2 aromatic heterocycles. The Labute approximate surface area is 176 Å². The van der Waals surface area contributed by atoms with E-state index >= 15 is 0 Å². The highest BCUT2D eigenvalue weighted by Gasteiger charge is 2.28. The Bertz CT molecular complexity index is 957. The molecule has 8 heteroatoms. The van der Waals surface area contributed by atoms with Crippen LogP contribution in [0.1, 0.15) is 35.0 Å². The van der Waals surface area contributed by atoms with Crippen molar-refractivity contribution in [3.8, 4) is 10.6 Å². The molecule has 152 valence electrons. The summed E-state index contributed by atoms with van der Waals surface area (Å²) in [7, 11) is 0. The number of aromatic nitrogens is 1. The average Bonchev–Trinajstić information content (AvgIpc) is 3.38. The largest absolute Gasteiger partial charge is 0.395 e. The second kappa shape index (κ2) is 9.02. The molecular weight excluding hydrogens is 409 g/mol. The van der Waals surface area contributed by atoms with Crippen LogP contribution in [0, 0.1) is 5.82 Å². The Balaban J connectivity index is 1.51. The summed E-state index contributed by atoms with van der Waals surface area (Å²) in [4.78, 5) is 20.4. The highest BCUT2D eigenvalue weighted by Crippen LogP contribution is 2.38. The molecule has 2 heterocycles. The summed E-state index contributed by atoms with van der Waals surface area (Å²) in [5, 5.41) is 17.3. The maximum absolute atomic E-state index is 13.2. The number of aliphatic hydroxyl groups excluding tert-OH is 1. The van der Waals surface area contributed by atoms with Crippen molar-refractivity contribution in [1.82, 2.24) is 15.2 Å². The summed E-state index contributed by atoms with van der Waals surface area (Å²) in [5.74, 6) is -0.269. The Morgan fingerprint density at radius 1 is 1.31 bits per heavy atom. The van der Waals surface area contributed by atoms with Crippen molar-refractivity contribution >= 4 is 28.7 Å². The zero-order valence-corrected chi connectivity index (χ0v) is 17.4. The van der Waals surface area contributed by atoms with E-state index in [4.69, 9.17) is 4.98 Å². The number of hydrogen-bond donors (Lipinski definition) is 2. The number of benzene rings is 1. The van der Waals surface area contributed by atoms with Gasteiger partial charge in [0.2, 0.25) is 0 Å². The highest BCUT2D eigenvalue weighted by atomic mass is 32.1. The minimum absolute atomic E-state index is 0.0806. The summed E-state index contributed by atoms with van der Waals surface area (Å²) in [6, 6.07) is 8.05. The quantitative estimate of drug-likeness (QED) is 0.600. The Morgan fingerprint density at radius 2 is 2.14 bits per heavy atom. The molecule has 1 aliphatic carbocycles. The first kappa shape index (κ1) is 20.0. The van der Waals surface area contributed by atoms with Gasteiger partial charge in [0.05, 0.1) is 23.2 Å². The Morgan fingerprint density at radius 3 is 2.86 bits per heavy atom.